The van der Waals surface area contributed by atoms with Crippen LogP contribution in [0.2, 0.25) is 5.02 Å². The number of hydrogen-bond donors (Lipinski definition) is 1. The molecule has 0 amide bonds. The van der Waals surface area contributed by atoms with Gasteiger partial charge in [-0.2, -0.15) is 0 Å². The maximum Gasteiger partial charge on any atom is 0.287 e. The molecule has 1 aliphatic rings. The zero-order chi connectivity index (χ0) is 13.8. The molecule has 1 aromatic carbocycles. The van der Waals surface area contributed by atoms with Crippen molar-refractivity contribution in [2.45, 2.75) is 31.8 Å². The first kappa shape index (κ1) is 17.2. The maximum absolute atomic E-state index is 10.7. The van der Waals surface area contributed by atoms with E-state index in [2.05, 4.69) is 4.90 Å². The Kier molecular flexibility index (Phi) is 6.68. The normalized spacial score (nSPS) is 19.4. The highest BCUT2D eigenvalue weighted by molar-refractivity contribution is 6.32. The van der Waals surface area contributed by atoms with Gasteiger partial charge in [-0.1, -0.05) is 24.1 Å². The molecule has 0 aromatic heterocycles. The lowest BCUT2D eigenvalue weighted by molar-refractivity contribution is -0.384. The molecule has 20 heavy (non-hydrogen) atoms. The molecule has 1 aliphatic heterocycles. The molecule has 1 heterocycles. The highest BCUT2D eigenvalue weighted by Gasteiger charge is 2.21. The van der Waals surface area contributed by atoms with Crippen molar-refractivity contribution in [3.63, 3.8) is 0 Å². The molecule has 1 atom stereocenters. The molecular weight excluding hydrogens is 301 g/mol. The molecule has 0 aliphatic carbocycles. The second-order valence-corrected chi connectivity index (χ2v) is 5.31. The van der Waals surface area contributed by atoms with Gasteiger partial charge < -0.3 is 5.73 Å². The fourth-order valence-electron chi connectivity index (χ4n) is 2.57. The summed E-state index contributed by atoms with van der Waals surface area (Å²) in [4.78, 5) is 12.6. The van der Waals surface area contributed by atoms with E-state index in [0.29, 0.717) is 12.6 Å². The van der Waals surface area contributed by atoms with Crippen LogP contribution in [0.25, 0.3) is 0 Å². The van der Waals surface area contributed by atoms with Crippen molar-refractivity contribution in [2.75, 3.05) is 13.1 Å². The molecule has 2 rings (SSSR count). The van der Waals surface area contributed by atoms with E-state index in [9.17, 15) is 10.1 Å². The summed E-state index contributed by atoms with van der Waals surface area (Å²) in [6.45, 7) is 2.43. The predicted octanol–water partition coefficient (Wildman–Crippen LogP) is 2.98. The van der Waals surface area contributed by atoms with Gasteiger partial charge >= 0.3 is 0 Å². The Labute approximate surface area is 129 Å². The highest BCUT2D eigenvalue weighted by Crippen LogP contribution is 2.26. The van der Waals surface area contributed by atoms with Crippen LogP contribution in [0.5, 0.6) is 0 Å². The van der Waals surface area contributed by atoms with E-state index in [0.717, 1.165) is 25.1 Å². The number of halogens is 2. The van der Waals surface area contributed by atoms with Crippen LogP contribution in [0.3, 0.4) is 0 Å². The van der Waals surface area contributed by atoms with Gasteiger partial charge in [-0.15, -0.1) is 12.4 Å². The van der Waals surface area contributed by atoms with Gasteiger partial charge in [0.25, 0.3) is 5.69 Å². The van der Waals surface area contributed by atoms with E-state index in [-0.39, 0.29) is 23.1 Å². The number of nitro groups is 1. The SMILES string of the molecule is Cl.NCC1CCCCN1Cc1ccc([N+](=O)[O-])c(Cl)c1. The number of piperidine rings is 1. The van der Waals surface area contributed by atoms with E-state index in [4.69, 9.17) is 17.3 Å². The van der Waals surface area contributed by atoms with Crippen LogP contribution in [-0.2, 0) is 6.54 Å². The van der Waals surface area contributed by atoms with E-state index in [1.54, 1.807) is 12.1 Å². The zero-order valence-electron chi connectivity index (χ0n) is 11.1. The molecule has 7 heteroatoms. The highest BCUT2D eigenvalue weighted by atomic mass is 35.5. The van der Waals surface area contributed by atoms with Crippen molar-refractivity contribution >= 4 is 29.7 Å². The lowest BCUT2D eigenvalue weighted by atomic mass is 10.0. The van der Waals surface area contributed by atoms with Crippen molar-refractivity contribution in [3.8, 4) is 0 Å². The predicted molar refractivity (Wildman–Crippen MR) is 82.5 cm³/mol. The minimum atomic E-state index is -0.463. The summed E-state index contributed by atoms with van der Waals surface area (Å²) in [5.74, 6) is 0. The van der Waals surface area contributed by atoms with Gasteiger partial charge in [0.05, 0.1) is 4.92 Å². The van der Waals surface area contributed by atoms with Crippen LogP contribution < -0.4 is 5.73 Å². The van der Waals surface area contributed by atoms with Gasteiger partial charge in [-0.3, -0.25) is 15.0 Å². The second-order valence-electron chi connectivity index (χ2n) is 4.90. The molecule has 1 saturated heterocycles. The van der Waals surface area contributed by atoms with Crippen LogP contribution in [0.15, 0.2) is 18.2 Å². The van der Waals surface area contributed by atoms with Gasteiger partial charge in [0.2, 0.25) is 0 Å². The maximum atomic E-state index is 10.7. The minimum Gasteiger partial charge on any atom is -0.329 e. The van der Waals surface area contributed by atoms with Crippen LogP contribution in [0, 0.1) is 10.1 Å². The minimum absolute atomic E-state index is 0. The van der Waals surface area contributed by atoms with Gasteiger partial charge in [-0.05, 0) is 31.0 Å². The lowest BCUT2D eigenvalue weighted by Crippen LogP contribution is -2.43. The average Bonchev–Trinajstić information content (AvgIpc) is 2.39. The van der Waals surface area contributed by atoms with Crippen molar-refractivity contribution in [1.29, 1.82) is 0 Å². The smallest absolute Gasteiger partial charge is 0.287 e. The van der Waals surface area contributed by atoms with Crippen LogP contribution in [-0.4, -0.2) is 29.0 Å². The van der Waals surface area contributed by atoms with Crippen molar-refractivity contribution in [3.05, 3.63) is 38.9 Å². The van der Waals surface area contributed by atoms with Crippen LogP contribution in [0.4, 0.5) is 5.69 Å². The first-order valence-electron chi connectivity index (χ1n) is 6.48. The molecule has 1 unspecified atom stereocenters. The molecule has 0 saturated carbocycles. The third kappa shape index (κ3) is 4.06. The largest absolute Gasteiger partial charge is 0.329 e. The Bertz CT molecular complexity index is 471. The number of hydrogen-bond acceptors (Lipinski definition) is 4. The third-order valence-electron chi connectivity index (χ3n) is 3.62. The summed E-state index contributed by atoms with van der Waals surface area (Å²) in [5.41, 5.74) is 6.74. The number of benzene rings is 1. The molecule has 5 nitrogen and oxygen atoms in total. The molecule has 0 bridgehead atoms. The summed E-state index contributed by atoms with van der Waals surface area (Å²) in [5, 5.41) is 10.9. The van der Waals surface area contributed by atoms with Crippen LogP contribution >= 0.6 is 24.0 Å². The summed E-state index contributed by atoms with van der Waals surface area (Å²) < 4.78 is 0. The fraction of sp³-hybridized carbons (Fsp3) is 0.538. The number of nitro benzene ring substituents is 1. The number of nitrogens with zero attached hydrogens (tertiary/aromatic N) is 2. The quantitative estimate of drug-likeness (QED) is 0.684. The Balaban J connectivity index is 0.00000200. The van der Waals surface area contributed by atoms with Crippen LogP contribution in [0.1, 0.15) is 24.8 Å². The summed E-state index contributed by atoms with van der Waals surface area (Å²) >= 11 is 5.93. The summed E-state index contributed by atoms with van der Waals surface area (Å²) in [6, 6.07) is 5.33. The Morgan fingerprint density at radius 2 is 2.20 bits per heavy atom. The first-order valence-corrected chi connectivity index (χ1v) is 6.86. The molecule has 2 N–H and O–H groups in total. The molecule has 0 spiro atoms. The van der Waals surface area contributed by atoms with E-state index < -0.39 is 4.92 Å². The Hall–Kier alpha value is -0.880. The van der Waals surface area contributed by atoms with Gasteiger partial charge in [0, 0.05) is 25.2 Å². The monoisotopic (exact) mass is 319 g/mol. The first-order chi connectivity index (χ1) is 9.11. The van der Waals surface area contributed by atoms with Gasteiger partial charge in [0.1, 0.15) is 5.02 Å². The topological polar surface area (TPSA) is 72.4 Å². The van der Waals surface area contributed by atoms with E-state index >= 15 is 0 Å². The standard InChI is InChI=1S/C13H18ClN3O2.ClH/c14-12-7-10(4-5-13(12)17(18)19)9-16-6-2-1-3-11(16)8-15;/h4-5,7,11H,1-3,6,8-9,15H2;1H. The molecule has 1 aromatic rings. The molecule has 112 valence electrons. The summed E-state index contributed by atoms with van der Waals surface area (Å²) in [6.07, 6.45) is 3.52. The third-order valence-corrected chi connectivity index (χ3v) is 3.92. The fourth-order valence-corrected chi connectivity index (χ4v) is 2.84. The number of nitrogens with two attached hydrogens (primary N) is 1. The lowest BCUT2D eigenvalue weighted by Gasteiger charge is -2.35. The Morgan fingerprint density at radius 1 is 1.45 bits per heavy atom. The number of rotatable bonds is 4. The van der Waals surface area contributed by atoms with E-state index in [1.165, 1.54) is 18.9 Å². The molecule has 1 fully saturated rings. The van der Waals surface area contributed by atoms with Crippen molar-refractivity contribution < 1.29 is 4.92 Å². The molecule has 0 radical (unpaired) electrons. The van der Waals surface area contributed by atoms with Gasteiger partial charge in [-0.25, -0.2) is 0 Å². The second kappa shape index (κ2) is 7.78. The van der Waals surface area contributed by atoms with Gasteiger partial charge in [0.15, 0.2) is 0 Å². The zero-order valence-corrected chi connectivity index (χ0v) is 12.7. The summed E-state index contributed by atoms with van der Waals surface area (Å²) in [7, 11) is 0. The Morgan fingerprint density at radius 3 is 2.80 bits per heavy atom. The average molecular weight is 320 g/mol. The van der Waals surface area contributed by atoms with Crippen molar-refractivity contribution in [1.82, 2.24) is 4.90 Å². The van der Waals surface area contributed by atoms with E-state index in [1.807, 2.05) is 0 Å². The molecular formula is C13H19Cl2N3O2. The number of likely N-dealkylation sites (tertiary alicyclic amines) is 1. The van der Waals surface area contributed by atoms with Crippen molar-refractivity contribution in [2.24, 2.45) is 5.73 Å².